The molecule has 1 N–H and O–H groups in total. The van der Waals surface area contributed by atoms with Crippen LogP contribution in [0, 0.1) is 5.82 Å². The molecule has 0 aliphatic rings. The van der Waals surface area contributed by atoms with Gasteiger partial charge in [0.15, 0.2) is 0 Å². The third-order valence-electron chi connectivity index (χ3n) is 2.34. The number of carboxylic acids is 1. The minimum absolute atomic E-state index is 0.243. The maximum Gasteiger partial charge on any atom is 0.311 e. The highest BCUT2D eigenvalue weighted by Gasteiger charge is 2.21. The first-order valence-electron chi connectivity index (χ1n) is 5.13. The SMILES string of the molecule is CC(C)=CCC(C(=O)O)c1ccccc1F. The normalized spacial score (nSPS) is 11.9. The van der Waals surface area contributed by atoms with E-state index in [4.69, 9.17) is 5.11 Å². The molecule has 86 valence electrons. The number of hydrogen-bond donors (Lipinski definition) is 1. The third-order valence-corrected chi connectivity index (χ3v) is 2.34. The van der Waals surface area contributed by atoms with Gasteiger partial charge in [-0.15, -0.1) is 0 Å². The van der Waals surface area contributed by atoms with Gasteiger partial charge >= 0.3 is 5.97 Å². The molecular formula is C13H15FO2. The molecular weight excluding hydrogens is 207 g/mol. The molecule has 1 rings (SSSR count). The van der Waals surface area contributed by atoms with Gasteiger partial charge < -0.3 is 5.11 Å². The maximum atomic E-state index is 13.4. The van der Waals surface area contributed by atoms with Crippen LogP contribution in [0.5, 0.6) is 0 Å². The van der Waals surface area contributed by atoms with Crippen molar-refractivity contribution in [3.63, 3.8) is 0 Å². The van der Waals surface area contributed by atoms with Crippen LogP contribution < -0.4 is 0 Å². The molecule has 0 fully saturated rings. The number of benzene rings is 1. The number of carbonyl (C=O) groups is 1. The van der Waals surface area contributed by atoms with E-state index in [1.165, 1.54) is 12.1 Å². The lowest BCUT2D eigenvalue weighted by Crippen LogP contribution is -2.12. The summed E-state index contributed by atoms with van der Waals surface area (Å²) in [6, 6.07) is 6.01. The number of allylic oxidation sites excluding steroid dienone is 2. The predicted octanol–water partition coefficient (Wildman–Crippen LogP) is 3.35. The molecule has 0 bridgehead atoms. The molecule has 0 saturated heterocycles. The molecule has 3 heteroatoms. The first-order chi connectivity index (χ1) is 7.52. The van der Waals surface area contributed by atoms with Crippen LogP contribution >= 0.6 is 0 Å². The average Bonchev–Trinajstić information content (AvgIpc) is 2.20. The number of halogens is 1. The molecule has 0 spiro atoms. The minimum atomic E-state index is -0.998. The van der Waals surface area contributed by atoms with Crippen LogP contribution in [0.15, 0.2) is 35.9 Å². The Kier molecular flexibility index (Phi) is 4.23. The summed E-state index contributed by atoms with van der Waals surface area (Å²) >= 11 is 0. The van der Waals surface area contributed by atoms with Crippen molar-refractivity contribution in [1.29, 1.82) is 0 Å². The van der Waals surface area contributed by atoms with Gasteiger partial charge in [0, 0.05) is 5.56 Å². The Morgan fingerprint density at radius 1 is 1.44 bits per heavy atom. The zero-order valence-corrected chi connectivity index (χ0v) is 9.40. The largest absolute Gasteiger partial charge is 0.481 e. The van der Waals surface area contributed by atoms with Crippen molar-refractivity contribution in [2.75, 3.05) is 0 Å². The highest BCUT2D eigenvalue weighted by molar-refractivity contribution is 5.76. The zero-order valence-electron chi connectivity index (χ0n) is 9.40. The van der Waals surface area contributed by atoms with Crippen LogP contribution in [0.4, 0.5) is 4.39 Å². The Balaban J connectivity index is 2.99. The summed E-state index contributed by atoms with van der Waals surface area (Å²) in [7, 11) is 0. The lowest BCUT2D eigenvalue weighted by Gasteiger charge is -2.11. The van der Waals surface area contributed by atoms with Crippen LogP contribution in [-0.4, -0.2) is 11.1 Å². The van der Waals surface area contributed by atoms with Gasteiger partial charge in [-0.1, -0.05) is 29.8 Å². The highest BCUT2D eigenvalue weighted by atomic mass is 19.1. The van der Waals surface area contributed by atoms with E-state index in [2.05, 4.69) is 0 Å². The fourth-order valence-corrected chi connectivity index (χ4v) is 1.47. The molecule has 1 aromatic rings. The molecule has 0 heterocycles. The van der Waals surface area contributed by atoms with Gasteiger partial charge in [0.25, 0.3) is 0 Å². The van der Waals surface area contributed by atoms with E-state index in [9.17, 15) is 9.18 Å². The summed E-state index contributed by atoms with van der Waals surface area (Å²) in [5.41, 5.74) is 1.27. The number of hydrogen-bond acceptors (Lipinski definition) is 1. The molecule has 0 aliphatic carbocycles. The monoisotopic (exact) mass is 222 g/mol. The van der Waals surface area contributed by atoms with Crippen molar-refractivity contribution >= 4 is 5.97 Å². The summed E-state index contributed by atoms with van der Waals surface area (Å²) < 4.78 is 13.4. The number of carboxylic acid groups (broad SMARTS) is 1. The fourth-order valence-electron chi connectivity index (χ4n) is 1.47. The Morgan fingerprint density at radius 3 is 2.56 bits per heavy atom. The Labute approximate surface area is 94.4 Å². The van der Waals surface area contributed by atoms with E-state index >= 15 is 0 Å². The summed E-state index contributed by atoms with van der Waals surface area (Å²) in [6.45, 7) is 3.78. The van der Waals surface area contributed by atoms with Gasteiger partial charge in [0.05, 0.1) is 5.92 Å². The van der Waals surface area contributed by atoms with Crippen LogP contribution in [0.1, 0.15) is 31.7 Å². The Hall–Kier alpha value is -1.64. The van der Waals surface area contributed by atoms with E-state index in [-0.39, 0.29) is 5.56 Å². The van der Waals surface area contributed by atoms with Crippen molar-refractivity contribution in [1.82, 2.24) is 0 Å². The Bertz CT molecular complexity index is 406. The quantitative estimate of drug-likeness (QED) is 0.793. The topological polar surface area (TPSA) is 37.3 Å². The highest BCUT2D eigenvalue weighted by Crippen LogP contribution is 2.23. The second-order valence-corrected chi connectivity index (χ2v) is 3.93. The van der Waals surface area contributed by atoms with Crippen molar-refractivity contribution in [3.8, 4) is 0 Å². The first-order valence-corrected chi connectivity index (χ1v) is 5.13. The van der Waals surface area contributed by atoms with Crippen LogP contribution in [0.2, 0.25) is 0 Å². The smallest absolute Gasteiger partial charge is 0.311 e. The summed E-state index contributed by atoms with van der Waals surface area (Å²) in [5, 5.41) is 9.07. The van der Waals surface area contributed by atoms with Gasteiger partial charge in [-0.25, -0.2) is 4.39 Å². The molecule has 16 heavy (non-hydrogen) atoms. The molecule has 0 aromatic heterocycles. The first kappa shape index (κ1) is 12.4. The van der Waals surface area contributed by atoms with Gasteiger partial charge in [0.2, 0.25) is 0 Å². The Morgan fingerprint density at radius 2 is 2.06 bits per heavy atom. The molecule has 1 atom stereocenters. The molecule has 2 nitrogen and oxygen atoms in total. The van der Waals surface area contributed by atoms with Gasteiger partial charge in [-0.3, -0.25) is 4.79 Å². The average molecular weight is 222 g/mol. The van der Waals surface area contributed by atoms with Crippen LogP contribution in [0.3, 0.4) is 0 Å². The fraction of sp³-hybridized carbons (Fsp3) is 0.308. The van der Waals surface area contributed by atoms with Crippen LogP contribution in [0.25, 0.3) is 0 Å². The molecule has 0 radical (unpaired) electrons. The second kappa shape index (κ2) is 5.45. The van der Waals surface area contributed by atoms with E-state index in [0.29, 0.717) is 6.42 Å². The number of rotatable bonds is 4. The molecule has 0 aliphatic heterocycles. The van der Waals surface area contributed by atoms with Gasteiger partial charge in [0.1, 0.15) is 5.82 Å². The third kappa shape index (κ3) is 3.19. The summed E-state index contributed by atoms with van der Waals surface area (Å²) in [4.78, 5) is 11.1. The second-order valence-electron chi connectivity index (χ2n) is 3.93. The maximum absolute atomic E-state index is 13.4. The van der Waals surface area contributed by atoms with Crippen molar-refractivity contribution in [2.24, 2.45) is 0 Å². The molecule has 1 unspecified atom stereocenters. The predicted molar refractivity (Wildman–Crippen MR) is 60.8 cm³/mol. The zero-order chi connectivity index (χ0) is 12.1. The van der Waals surface area contributed by atoms with E-state index in [1.54, 1.807) is 12.1 Å². The molecule has 0 saturated carbocycles. The van der Waals surface area contributed by atoms with Gasteiger partial charge in [-0.2, -0.15) is 0 Å². The lowest BCUT2D eigenvalue weighted by molar-refractivity contribution is -0.138. The molecule has 0 amide bonds. The summed E-state index contributed by atoms with van der Waals surface area (Å²) in [6.07, 6.45) is 2.13. The lowest BCUT2D eigenvalue weighted by atomic mass is 9.94. The van der Waals surface area contributed by atoms with Gasteiger partial charge in [-0.05, 0) is 26.3 Å². The van der Waals surface area contributed by atoms with Crippen molar-refractivity contribution in [3.05, 3.63) is 47.3 Å². The number of aliphatic carboxylic acids is 1. The van der Waals surface area contributed by atoms with Crippen molar-refractivity contribution < 1.29 is 14.3 Å². The van der Waals surface area contributed by atoms with E-state index in [0.717, 1.165) is 5.57 Å². The summed E-state index contributed by atoms with van der Waals surface area (Å²) in [5.74, 6) is -2.27. The minimum Gasteiger partial charge on any atom is -0.481 e. The van der Waals surface area contributed by atoms with Crippen molar-refractivity contribution in [2.45, 2.75) is 26.2 Å². The van der Waals surface area contributed by atoms with E-state index in [1.807, 2.05) is 19.9 Å². The standard InChI is InChI=1S/C13H15FO2/c1-9(2)7-8-11(13(15)16)10-5-3-4-6-12(10)14/h3-7,11H,8H2,1-2H3,(H,15,16). The molecule has 1 aromatic carbocycles. The van der Waals surface area contributed by atoms with Crippen LogP contribution in [-0.2, 0) is 4.79 Å². The van der Waals surface area contributed by atoms with E-state index < -0.39 is 17.7 Å².